The summed E-state index contributed by atoms with van der Waals surface area (Å²) in [5.41, 5.74) is 1.64. The van der Waals surface area contributed by atoms with Crippen molar-refractivity contribution in [3.05, 3.63) is 29.8 Å². The molecule has 0 aliphatic heterocycles. The van der Waals surface area contributed by atoms with Gasteiger partial charge >= 0.3 is 0 Å². The summed E-state index contributed by atoms with van der Waals surface area (Å²) in [6.45, 7) is 2.17. The van der Waals surface area contributed by atoms with Crippen LogP contribution in [0.1, 0.15) is 44.6 Å². The van der Waals surface area contributed by atoms with Gasteiger partial charge in [0.05, 0.1) is 11.9 Å². The van der Waals surface area contributed by atoms with E-state index >= 15 is 0 Å². The molecule has 0 spiro atoms. The van der Waals surface area contributed by atoms with Gasteiger partial charge in [0.15, 0.2) is 0 Å². The van der Waals surface area contributed by atoms with Gasteiger partial charge in [0, 0.05) is 19.0 Å². The standard InChI is InChI=1S/C17H26N2O3S/c1-3-14-8-4-7-11-16(14)19(23(2,21)22)13-12-17(20)18-15-9-5-6-10-15/h4,7-8,11,15H,3,5-6,9-10,12-13H2,1-2H3,(H,18,20). The monoisotopic (exact) mass is 338 g/mol. The Balaban J connectivity index is 2.06. The lowest BCUT2D eigenvalue weighted by Gasteiger charge is -2.25. The zero-order chi connectivity index (χ0) is 16.9. The van der Waals surface area contributed by atoms with Gasteiger partial charge < -0.3 is 5.32 Å². The fourth-order valence-corrected chi connectivity index (χ4v) is 4.05. The number of nitrogens with zero attached hydrogens (tertiary/aromatic N) is 1. The molecule has 0 unspecified atom stereocenters. The molecule has 1 amide bonds. The van der Waals surface area contributed by atoms with E-state index in [0.29, 0.717) is 5.69 Å². The average Bonchev–Trinajstić information content (AvgIpc) is 2.99. The number of hydrogen-bond donors (Lipinski definition) is 1. The SMILES string of the molecule is CCc1ccccc1N(CCC(=O)NC1CCCC1)S(C)(=O)=O. The number of carbonyl (C=O) groups is 1. The Kier molecular flexibility index (Phi) is 6.04. The van der Waals surface area contributed by atoms with Gasteiger partial charge in [0.2, 0.25) is 15.9 Å². The molecule has 1 aromatic carbocycles. The molecular formula is C17H26N2O3S. The molecule has 0 atom stereocenters. The summed E-state index contributed by atoms with van der Waals surface area (Å²) in [4.78, 5) is 12.1. The van der Waals surface area contributed by atoms with E-state index in [1.54, 1.807) is 6.07 Å². The van der Waals surface area contributed by atoms with Crippen molar-refractivity contribution in [1.82, 2.24) is 5.32 Å². The fraction of sp³-hybridized carbons (Fsp3) is 0.588. The molecule has 1 saturated carbocycles. The maximum Gasteiger partial charge on any atom is 0.232 e. The van der Waals surface area contributed by atoms with Crippen molar-refractivity contribution in [2.24, 2.45) is 0 Å². The van der Waals surface area contributed by atoms with Crippen molar-refractivity contribution in [2.75, 3.05) is 17.1 Å². The zero-order valence-electron chi connectivity index (χ0n) is 13.9. The molecular weight excluding hydrogens is 312 g/mol. The van der Waals surface area contributed by atoms with Gasteiger partial charge in [-0.25, -0.2) is 8.42 Å². The number of hydrogen-bond acceptors (Lipinski definition) is 3. The van der Waals surface area contributed by atoms with Crippen molar-refractivity contribution in [2.45, 2.75) is 51.5 Å². The highest BCUT2D eigenvalue weighted by molar-refractivity contribution is 7.92. The van der Waals surface area contributed by atoms with Crippen molar-refractivity contribution in [1.29, 1.82) is 0 Å². The first kappa shape index (κ1) is 17.8. The number of aryl methyl sites for hydroxylation is 1. The van der Waals surface area contributed by atoms with Crippen LogP contribution in [0.5, 0.6) is 0 Å². The van der Waals surface area contributed by atoms with E-state index in [2.05, 4.69) is 5.32 Å². The van der Waals surface area contributed by atoms with Gasteiger partial charge in [0.25, 0.3) is 0 Å². The topological polar surface area (TPSA) is 66.5 Å². The summed E-state index contributed by atoms with van der Waals surface area (Å²) in [7, 11) is -3.42. The highest BCUT2D eigenvalue weighted by Gasteiger charge is 2.22. The van der Waals surface area contributed by atoms with Crippen LogP contribution in [0.15, 0.2) is 24.3 Å². The second-order valence-electron chi connectivity index (χ2n) is 6.12. The average molecular weight is 338 g/mol. The maximum absolute atomic E-state index is 12.2. The quantitative estimate of drug-likeness (QED) is 0.830. The lowest BCUT2D eigenvalue weighted by Crippen LogP contribution is -2.37. The summed E-state index contributed by atoms with van der Waals surface area (Å²) >= 11 is 0. The van der Waals surface area contributed by atoms with Crippen LogP contribution in [0.3, 0.4) is 0 Å². The predicted octanol–water partition coefficient (Wildman–Crippen LogP) is 2.46. The van der Waals surface area contributed by atoms with Crippen LogP contribution in [0.25, 0.3) is 0 Å². The van der Waals surface area contributed by atoms with E-state index in [0.717, 1.165) is 37.7 Å². The van der Waals surface area contributed by atoms with Crippen LogP contribution in [0.4, 0.5) is 5.69 Å². The van der Waals surface area contributed by atoms with Crippen molar-refractivity contribution in [3.8, 4) is 0 Å². The van der Waals surface area contributed by atoms with Crippen LogP contribution < -0.4 is 9.62 Å². The van der Waals surface area contributed by atoms with E-state index in [4.69, 9.17) is 0 Å². The minimum atomic E-state index is -3.42. The number of nitrogens with one attached hydrogen (secondary N) is 1. The van der Waals surface area contributed by atoms with E-state index in [9.17, 15) is 13.2 Å². The Bertz CT molecular complexity index is 637. The molecule has 0 saturated heterocycles. The smallest absolute Gasteiger partial charge is 0.232 e. The first-order valence-corrected chi connectivity index (χ1v) is 10.1. The maximum atomic E-state index is 12.2. The summed E-state index contributed by atoms with van der Waals surface area (Å²) in [5, 5.41) is 3.01. The van der Waals surface area contributed by atoms with E-state index < -0.39 is 10.0 Å². The van der Waals surface area contributed by atoms with Gasteiger partial charge in [-0.15, -0.1) is 0 Å². The highest BCUT2D eigenvalue weighted by Crippen LogP contribution is 2.24. The third kappa shape index (κ3) is 4.96. The molecule has 1 N–H and O–H groups in total. The predicted molar refractivity (Wildman–Crippen MR) is 93.0 cm³/mol. The Hall–Kier alpha value is -1.56. The molecule has 0 heterocycles. The number of carbonyl (C=O) groups excluding carboxylic acids is 1. The van der Waals surface area contributed by atoms with Crippen molar-refractivity contribution < 1.29 is 13.2 Å². The van der Waals surface area contributed by atoms with Gasteiger partial charge in [-0.3, -0.25) is 9.10 Å². The molecule has 0 bridgehead atoms. The Morgan fingerprint density at radius 2 is 1.91 bits per heavy atom. The molecule has 2 rings (SSSR count). The Morgan fingerprint density at radius 1 is 1.26 bits per heavy atom. The number of sulfonamides is 1. The lowest BCUT2D eigenvalue weighted by atomic mass is 10.1. The minimum Gasteiger partial charge on any atom is -0.353 e. The highest BCUT2D eigenvalue weighted by atomic mass is 32.2. The summed E-state index contributed by atoms with van der Waals surface area (Å²) < 4.78 is 25.6. The first-order valence-electron chi connectivity index (χ1n) is 8.26. The number of para-hydroxylation sites is 1. The molecule has 6 heteroatoms. The van der Waals surface area contributed by atoms with E-state index in [1.807, 2.05) is 25.1 Å². The zero-order valence-corrected chi connectivity index (χ0v) is 14.7. The minimum absolute atomic E-state index is 0.0699. The molecule has 0 radical (unpaired) electrons. The fourth-order valence-electron chi connectivity index (χ4n) is 3.09. The first-order chi connectivity index (χ1) is 10.9. The number of rotatable bonds is 7. The van der Waals surface area contributed by atoms with Crippen LogP contribution in [-0.2, 0) is 21.2 Å². The van der Waals surface area contributed by atoms with Gasteiger partial charge in [-0.1, -0.05) is 38.0 Å². The molecule has 1 aliphatic carbocycles. The van der Waals surface area contributed by atoms with Gasteiger partial charge in [0.1, 0.15) is 0 Å². The number of amides is 1. The molecule has 1 aliphatic rings. The van der Waals surface area contributed by atoms with Crippen LogP contribution in [0, 0.1) is 0 Å². The second-order valence-corrected chi connectivity index (χ2v) is 8.02. The third-order valence-electron chi connectivity index (χ3n) is 4.30. The Morgan fingerprint density at radius 3 is 2.52 bits per heavy atom. The molecule has 128 valence electrons. The van der Waals surface area contributed by atoms with E-state index in [-0.39, 0.29) is 24.9 Å². The van der Waals surface area contributed by atoms with Crippen molar-refractivity contribution >= 4 is 21.6 Å². The van der Waals surface area contributed by atoms with Gasteiger partial charge in [-0.2, -0.15) is 0 Å². The second kappa shape index (κ2) is 7.81. The number of benzene rings is 1. The molecule has 5 nitrogen and oxygen atoms in total. The summed E-state index contributed by atoms with van der Waals surface area (Å²) in [6.07, 6.45) is 6.49. The third-order valence-corrected chi connectivity index (χ3v) is 5.48. The molecule has 0 aromatic heterocycles. The number of anilines is 1. The van der Waals surface area contributed by atoms with E-state index in [1.165, 1.54) is 10.6 Å². The van der Waals surface area contributed by atoms with Gasteiger partial charge in [-0.05, 0) is 30.9 Å². The molecule has 1 aromatic rings. The largest absolute Gasteiger partial charge is 0.353 e. The molecule has 1 fully saturated rings. The lowest BCUT2D eigenvalue weighted by molar-refractivity contribution is -0.121. The molecule has 23 heavy (non-hydrogen) atoms. The summed E-state index contributed by atoms with van der Waals surface area (Å²) in [5.74, 6) is -0.0699. The van der Waals surface area contributed by atoms with Crippen LogP contribution >= 0.6 is 0 Å². The van der Waals surface area contributed by atoms with Crippen molar-refractivity contribution in [3.63, 3.8) is 0 Å². The Labute approximate surface area is 139 Å². The summed E-state index contributed by atoms with van der Waals surface area (Å²) in [6, 6.07) is 7.71. The van der Waals surface area contributed by atoms with Crippen LogP contribution in [0.2, 0.25) is 0 Å². The normalized spacial score (nSPS) is 15.6. The van der Waals surface area contributed by atoms with Crippen LogP contribution in [-0.4, -0.2) is 33.2 Å².